The van der Waals surface area contributed by atoms with Crippen LogP contribution in [0.25, 0.3) is 5.52 Å². The maximum atomic E-state index is 14.6. The zero-order valence-electron chi connectivity index (χ0n) is 19.2. The van der Waals surface area contributed by atoms with Crippen molar-refractivity contribution < 1.29 is 23.1 Å². The minimum Gasteiger partial charge on any atom is -0.379 e. The predicted molar refractivity (Wildman–Crippen MR) is 129 cm³/mol. The molecule has 11 heteroatoms. The second kappa shape index (κ2) is 9.70. The summed E-state index contributed by atoms with van der Waals surface area (Å²) in [6, 6.07) is 8.67. The van der Waals surface area contributed by atoms with Crippen LogP contribution in [0.3, 0.4) is 0 Å². The van der Waals surface area contributed by atoms with Gasteiger partial charge < -0.3 is 20.7 Å². The Morgan fingerprint density at radius 3 is 2.64 bits per heavy atom. The number of rotatable bonds is 6. The van der Waals surface area contributed by atoms with Crippen LogP contribution in [0.2, 0.25) is 0 Å². The predicted octanol–water partition coefficient (Wildman–Crippen LogP) is 4.02. The summed E-state index contributed by atoms with van der Waals surface area (Å²) in [6.45, 7) is 2.94. The Balaban J connectivity index is 1.30. The molecule has 0 radical (unpaired) electrons. The Kier molecular flexibility index (Phi) is 6.30. The molecule has 0 saturated carbocycles. The standard InChI is InChI=1S/C25H22F2N6O3/c1-14-8-19(27)22(32-25(35)20-4-3-16(10-28-20)30-17-6-7-36-13-17)9-21(14)31-24(34)18-11-29-33-12-15(26)2-5-23(18)33/h2-5,8-12,17,30H,6-7,13H2,1H3,(H,31,34)(H,32,35)/t17-/m0/s1. The first-order chi connectivity index (χ1) is 17.4. The monoisotopic (exact) mass is 492 g/mol. The van der Waals surface area contributed by atoms with Crippen LogP contribution < -0.4 is 16.0 Å². The quantitative estimate of drug-likeness (QED) is 0.375. The molecule has 1 aliphatic heterocycles. The molecule has 3 N–H and O–H groups in total. The number of fused-ring (bicyclic) bond motifs is 1. The number of ether oxygens (including phenoxy) is 1. The van der Waals surface area contributed by atoms with Gasteiger partial charge in [-0.1, -0.05) is 0 Å². The Hall–Kier alpha value is -4.38. The Morgan fingerprint density at radius 2 is 1.89 bits per heavy atom. The van der Waals surface area contributed by atoms with Gasteiger partial charge in [0.05, 0.1) is 53.7 Å². The number of aromatic nitrogens is 3. The van der Waals surface area contributed by atoms with Gasteiger partial charge in [-0.05, 0) is 55.3 Å². The summed E-state index contributed by atoms with van der Waals surface area (Å²) in [5.74, 6) is -2.27. The highest BCUT2D eigenvalue weighted by molar-refractivity contribution is 6.09. The van der Waals surface area contributed by atoms with Gasteiger partial charge in [0, 0.05) is 12.3 Å². The van der Waals surface area contributed by atoms with E-state index in [2.05, 4.69) is 26.0 Å². The van der Waals surface area contributed by atoms with Gasteiger partial charge in [0.1, 0.15) is 17.3 Å². The normalized spacial score (nSPS) is 15.1. The van der Waals surface area contributed by atoms with Gasteiger partial charge >= 0.3 is 0 Å². The second-order valence-corrected chi connectivity index (χ2v) is 8.43. The van der Waals surface area contributed by atoms with Crippen LogP contribution in [-0.2, 0) is 4.74 Å². The smallest absolute Gasteiger partial charge is 0.274 e. The van der Waals surface area contributed by atoms with Crippen molar-refractivity contribution in [3.8, 4) is 0 Å². The molecule has 0 unspecified atom stereocenters. The largest absolute Gasteiger partial charge is 0.379 e. The average molecular weight is 492 g/mol. The molecule has 1 aromatic carbocycles. The van der Waals surface area contributed by atoms with Gasteiger partial charge in [-0.15, -0.1) is 0 Å². The molecule has 1 aliphatic rings. The average Bonchev–Trinajstić information content (AvgIpc) is 3.52. The number of nitrogens with one attached hydrogen (secondary N) is 3. The lowest BCUT2D eigenvalue weighted by atomic mass is 10.1. The number of amides is 2. The molecule has 4 aromatic rings. The zero-order chi connectivity index (χ0) is 25.2. The second-order valence-electron chi connectivity index (χ2n) is 8.43. The van der Waals surface area contributed by atoms with Crippen molar-refractivity contribution >= 4 is 34.4 Å². The van der Waals surface area contributed by atoms with Gasteiger partial charge in [0.25, 0.3) is 11.8 Å². The minimum absolute atomic E-state index is 0.104. The van der Waals surface area contributed by atoms with E-state index < -0.39 is 23.4 Å². The summed E-state index contributed by atoms with van der Waals surface area (Å²) in [4.78, 5) is 29.7. The van der Waals surface area contributed by atoms with Crippen molar-refractivity contribution in [3.05, 3.63) is 83.4 Å². The Bertz CT molecular complexity index is 1450. The van der Waals surface area contributed by atoms with Crippen LogP contribution in [0.4, 0.5) is 25.8 Å². The van der Waals surface area contributed by atoms with Crippen molar-refractivity contribution in [2.75, 3.05) is 29.2 Å². The lowest BCUT2D eigenvalue weighted by Gasteiger charge is -2.13. The molecule has 0 aliphatic carbocycles. The van der Waals surface area contributed by atoms with Crippen molar-refractivity contribution in [1.82, 2.24) is 14.6 Å². The van der Waals surface area contributed by atoms with E-state index in [0.29, 0.717) is 30.0 Å². The van der Waals surface area contributed by atoms with Crippen LogP contribution in [0.15, 0.2) is 55.0 Å². The van der Waals surface area contributed by atoms with E-state index in [-0.39, 0.29) is 23.0 Å². The maximum Gasteiger partial charge on any atom is 0.274 e. The third-order valence-corrected chi connectivity index (χ3v) is 5.83. The first-order valence-corrected chi connectivity index (χ1v) is 11.2. The molecule has 184 valence electrons. The first-order valence-electron chi connectivity index (χ1n) is 11.2. The van der Waals surface area contributed by atoms with Gasteiger partial charge in [-0.2, -0.15) is 5.10 Å². The van der Waals surface area contributed by atoms with Crippen LogP contribution in [0.1, 0.15) is 32.8 Å². The molecular weight excluding hydrogens is 470 g/mol. The first kappa shape index (κ1) is 23.4. The molecule has 1 fully saturated rings. The van der Waals surface area contributed by atoms with Crippen molar-refractivity contribution in [1.29, 1.82) is 0 Å². The molecule has 36 heavy (non-hydrogen) atoms. The lowest BCUT2D eigenvalue weighted by molar-refractivity contribution is 0.101. The van der Waals surface area contributed by atoms with Crippen LogP contribution >= 0.6 is 0 Å². The third kappa shape index (κ3) is 4.86. The highest BCUT2D eigenvalue weighted by Crippen LogP contribution is 2.26. The van der Waals surface area contributed by atoms with E-state index in [9.17, 15) is 18.4 Å². The number of pyridine rings is 2. The van der Waals surface area contributed by atoms with E-state index >= 15 is 0 Å². The number of aryl methyl sites for hydroxylation is 1. The molecule has 2 amide bonds. The van der Waals surface area contributed by atoms with E-state index in [1.807, 2.05) is 0 Å². The van der Waals surface area contributed by atoms with Crippen molar-refractivity contribution in [3.63, 3.8) is 0 Å². The fourth-order valence-electron chi connectivity index (χ4n) is 3.91. The number of nitrogens with zero attached hydrogens (tertiary/aromatic N) is 3. The summed E-state index contributed by atoms with van der Waals surface area (Å²) < 4.78 is 34.6. The fourth-order valence-corrected chi connectivity index (χ4v) is 3.91. The molecular formula is C25H22F2N6O3. The number of hydrogen-bond donors (Lipinski definition) is 3. The number of benzene rings is 1. The fraction of sp³-hybridized carbons (Fsp3) is 0.200. The summed E-state index contributed by atoms with van der Waals surface area (Å²) in [5.41, 5.74) is 2.11. The molecule has 0 spiro atoms. The molecule has 5 rings (SSSR count). The van der Waals surface area contributed by atoms with Crippen LogP contribution in [-0.4, -0.2) is 45.7 Å². The molecule has 1 saturated heterocycles. The summed E-state index contributed by atoms with van der Waals surface area (Å²) in [7, 11) is 0. The van der Waals surface area contributed by atoms with Crippen LogP contribution in [0.5, 0.6) is 0 Å². The van der Waals surface area contributed by atoms with Crippen molar-refractivity contribution in [2.45, 2.75) is 19.4 Å². The van der Waals surface area contributed by atoms with Gasteiger partial charge in [0.2, 0.25) is 0 Å². The molecule has 3 aromatic heterocycles. The summed E-state index contributed by atoms with van der Waals surface area (Å²) >= 11 is 0. The molecule has 4 heterocycles. The Labute approximate surface area is 204 Å². The van der Waals surface area contributed by atoms with Crippen LogP contribution in [0, 0.1) is 18.6 Å². The van der Waals surface area contributed by atoms with E-state index in [4.69, 9.17) is 4.74 Å². The minimum atomic E-state index is -0.662. The van der Waals surface area contributed by atoms with Gasteiger partial charge in [0.15, 0.2) is 0 Å². The Morgan fingerprint density at radius 1 is 1.06 bits per heavy atom. The zero-order valence-corrected chi connectivity index (χ0v) is 19.2. The molecule has 0 bridgehead atoms. The van der Waals surface area contributed by atoms with E-state index in [1.54, 1.807) is 13.0 Å². The number of carbonyl (C=O) groups is 2. The third-order valence-electron chi connectivity index (χ3n) is 5.83. The number of halogens is 2. The lowest BCUT2D eigenvalue weighted by Crippen LogP contribution is -2.19. The maximum absolute atomic E-state index is 14.6. The summed E-state index contributed by atoms with van der Waals surface area (Å²) in [5, 5.41) is 12.5. The molecule has 1 atom stereocenters. The number of hydrogen-bond acceptors (Lipinski definition) is 6. The van der Waals surface area contributed by atoms with E-state index in [0.717, 1.165) is 18.3 Å². The molecule has 9 nitrogen and oxygen atoms in total. The topological polar surface area (TPSA) is 110 Å². The van der Waals surface area contributed by atoms with Gasteiger partial charge in [-0.3, -0.25) is 9.59 Å². The van der Waals surface area contributed by atoms with Gasteiger partial charge in [-0.25, -0.2) is 18.3 Å². The summed E-state index contributed by atoms with van der Waals surface area (Å²) in [6.07, 6.45) is 4.90. The SMILES string of the molecule is Cc1cc(F)c(NC(=O)c2ccc(N[C@H]3CCOC3)cn2)cc1NC(=O)c1cnn2cc(F)ccc12. The number of anilines is 3. The van der Waals surface area contributed by atoms with E-state index in [1.165, 1.54) is 47.2 Å². The van der Waals surface area contributed by atoms with Crippen molar-refractivity contribution in [2.24, 2.45) is 0 Å². The highest BCUT2D eigenvalue weighted by Gasteiger charge is 2.18. The number of carbonyl (C=O) groups excluding carboxylic acids is 2. The highest BCUT2D eigenvalue weighted by atomic mass is 19.1.